The topological polar surface area (TPSA) is 87.6 Å². The molecule has 1 aliphatic carbocycles. The number of urea groups is 1. The highest BCUT2D eigenvalue weighted by atomic mass is 16.2. The van der Waals surface area contributed by atoms with E-state index in [1.807, 2.05) is 41.6 Å². The predicted octanol–water partition coefficient (Wildman–Crippen LogP) is 6.70. The van der Waals surface area contributed by atoms with Crippen molar-refractivity contribution in [2.24, 2.45) is 0 Å². The van der Waals surface area contributed by atoms with Crippen LogP contribution in [0.15, 0.2) is 55.1 Å². The minimum atomic E-state index is -0.313. The number of hydrogen-bond donors (Lipinski definition) is 3. The highest BCUT2D eigenvalue weighted by Crippen LogP contribution is 2.33. The molecule has 4 aromatic rings. The third kappa shape index (κ3) is 4.62. The van der Waals surface area contributed by atoms with Crippen LogP contribution in [0.25, 0.3) is 22.0 Å². The summed E-state index contributed by atoms with van der Waals surface area (Å²) in [4.78, 5) is 20.3. The molecule has 3 aromatic heterocycles. The number of H-pyrrole nitrogens is 1. The van der Waals surface area contributed by atoms with Crippen LogP contribution in [0.3, 0.4) is 0 Å². The quantitative estimate of drug-likeness (QED) is 0.321. The largest absolute Gasteiger partial charge is 0.359 e. The van der Waals surface area contributed by atoms with E-state index in [0.29, 0.717) is 17.8 Å². The average Bonchev–Trinajstić information content (AvgIpc) is 3.48. The molecule has 1 aromatic carbocycles. The number of carbonyl (C=O) groups is 1. The Labute approximate surface area is 193 Å². The number of carbonyl (C=O) groups excluding carboxylic acids is 1. The second-order valence-corrected chi connectivity index (χ2v) is 9.16. The molecule has 7 nitrogen and oxygen atoms in total. The molecule has 0 saturated heterocycles. The van der Waals surface area contributed by atoms with Gasteiger partial charge in [-0.1, -0.05) is 31.4 Å². The Bertz CT molecular complexity index is 1250. The number of anilines is 2. The number of nitrogens with one attached hydrogen (secondary N) is 3. The summed E-state index contributed by atoms with van der Waals surface area (Å²) >= 11 is 0. The SMILES string of the molecule is CC(C)n1cc(-c2ccc3[nH]cc(NC(=O)Nc4ccc(C5CCCCC5)cn4)c3c2)cn1. The second kappa shape index (κ2) is 9.10. The van der Waals surface area contributed by atoms with Gasteiger partial charge in [0.05, 0.1) is 11.9 Å². The summed E-state index contributed by atoms with van der Waals surface area (Å²) < 4.78 is 1.94. The zero-order valence-corrected chi connectivity index (χ0v) is 19.1. The Hall–Kier alpha value is -3.61. The van der Waals surface area contributed by atoms with Gasteiger partial charge in [0, 0.05) is 41.1 Å². The number of fused-ring (bicyclic) bond motifs is 1. The fourth-order valence-corrected chi connectivity index (χ4v) is 4.60. The monoisotopic (exact) mass is 442 g/mol. The zero-order valence-electron chi connectivity index (χ0n) is 19.1. The van der Waals surface area contributed by atoms with Crippen LogP contribution in [0.5, 0.6) is 0 Å². The van der Waals surface area contributed by atoms with Gasteiger partial charge in [-0.15, -0.1) is 0 Å². The Morgan fingerprint density at radius 1 is 1.06 bits per heavy atom. The molecule has 1 fully saturated rings. The Morgan fingerprint density at radius 2 is 1.91 bits per heavy atom. The van der Waals surface area contributed by atoms with E-state index in [9.17, 15) is 4.79 Å². The third-order valence-corrected chi connectivity index (χ3v) is 6.50. The number of hydrogen-bond acceptors (Lipinski definition) is 3. The number of rotatable bonds is 5. The fourth-order valence-electron chi connectivity index (χ4n) is 4.60. The summed E-state index contributed by atoms with van der Waals surface area (Å²) in [7, 11) is 0. The van der Waals surface area contributed by atoms with Crippen LogP contribution in [0.2, 0.25) is 0 Å². The van der Waals surface area contributed by atoms with E-state index in [0.717, 1.165) is 27.7 Å². The van der Waals surface area contributed by atoms with Gasteiger partial charge < -0.3 is 10.3 Å². The zero-order chi connectivity index (χ0) is 22.8. The molecule has 0 radical (unpaired) electrons. The molecule has 0 bridgehead atoms. The lowest BCUT2D eigenvalue weighted by molar-refractivity contribution is 0.262. The lowest BCUT2D eigenvalue weighted by Crippen LogP contribution is -2.20. The first-order valence-corrected chi connectivity index (χ1v) is 11.8. The van der Waals surface area contributed by atoms with E-state index in [4.69, 9.17) is 0 Å². The van der Waals surface area contributed by atoms with Gasteiger partial charge in [-0.25, -0.2) is 9.78 Å². The van der Waals surface area contributed by atoms with Crippen molar-refractivity contribution in [2.45, 2.75) is 57.9 Å². The van der Waals surface area contributed by atoms with E-state index >= 15 is 0 Å². The van der Waals surface area contributed by atoms with Crippen molar-refractivity contribution in [1.82, 2.24) is 19.7 Å². The van der Waals surface area contributed by atoms with E-state index in [-0.39, 0.29) is 6.03 Å². The molecule has 0 aliphatic heterocycles. The van der Waals surface area contributed by atoms with Gasteiger partial charge in [-0.3, -0.25) is 10.00 Å². The van der Waals surface area contributed by atoms with Gasteiger partial charge in [0.15, 0.2) is 0 Å². The van der Waals surface area contributed by atoms with Crippen molar-refractivity contribution in [2.75, 3.05) is 10.6 Å². The molecule has 7 heteroatoms. The van der Waals surface area contributed by atoms with Crippen molar-refractivity contribution >= 4 is 28.4 Å². The molecule has 1 saturated carbocycles. The molecule has 33 heavy (non-hydrogen) atoms. The van der Waals surface area contributed by atoms with Crippen molar-refractivity contribution in [3.05, 3.63) is 60.7 Å². The second-order valence-electron chi connectivity index (χ2n) is 9.16. The molecule has 0 spiro atoms. The molecule has 5 rings (SSSR count). The molecule has 3 N–H and O–H groups in total. The summed E-state index contributed by atoms with van der Waals surface area (Å²) in [6.45, 7) is 4.20. The standard InChI is InChI=1S/C26H30N6O/c1-17(2)32-16-21(14-29-32)19-8-10-23-22(12-19)24(15-27-23)30-26(33)31-25-11-9-20(13-28-25)18-6-4-3-5-7-18/h8-18,27H,3-7H2,1-2H3,(H2,28,30,31,33). The molecular weight excluding hydrogens is 412 g/mol. The summed E-state index contributed by atoms with van der Waals surface area (Å²) in [6, 6.07) is 10.1. The van der Waals surface area contributed by atoms with Crippen LogP contribution in [0, 0.1) is 0 Å². The van der Waals surface area contributed by atoms with Gasteiger partial charge >= 0.3 is 6.03 Å². The first-order valence-electron chi connectivity index (χ1n) is 11.8. The molecule has 3 heterocycles. The normalized spacial score (nSPS) is 14.6. The summed E-state index contributed by atoms with van der Waals surface area (Å²) in [5.74, 6) is 1.15. The van der Waals surface area contributed by atoms with Crippen LogP contribution >= 0.6 is 0 Å². The van der Waals surface area contributed by atoms with Crippen LogP contribution in [0.1, 0.15) is 63.5 Å². The number of aromatic nitrogens is 4. The Kier molecular flexibility index (Phi) is 5.86. The van der Waals surface area contributed by atoms with Crippen LogP contribution in [-0.2, 0) is 0 Å². The number of aromatic amines is 1. The molecule has 0 atom stereocenters. The lowest BCUT2D eigenvalue weighted by Gasteiger charge is -2.21. The highest BCUT2D eigenvalue weighted by Gasteiger charge is 2.16. The number of benzene rings is 1. The Morgan fingerprint density at radius 3 is 2.64 bits per heavy atom. The maximum Gasteiger partial charge on any atom is 0.324 e. The molecule has 1 aliphatic rings. The van der Waals surface area contributed by atoms with Crippen LogP contribution in [0.4, 0.5) is 16.3 Å². The number of pyridine rings is 1. The van der Waals surface area contributed by atoms with Gasteiger partial charge in [-0.05, 0) is 61.9 Å². The summed E-state index contributed by atoms with van der Waals surface area (Å²) in [5, 5.41) is 11.2. The van der Waals surface area contributed by atoms with Gasteiger partial charge in [0.25, 0.3) is 0 Å². The minimum Gasteiger partial charge on any atom is -0.359 e. The van der Waals surface area contributed by atoms with Crippen molar-refractivity contribution in [3.63, 3.8) is 0 Å². The van der Waals surface area contributed by atoms with Crippen LogP contribution < -0.4 is 10.6 Å². The molecule has 170 valence electrons. The first kappa shape index (κ1) is 21.2. The van der Waals surface area contributed by atoms with Crippen molar-refractivity contribution in [1.29, 1.82) is 0 Å². The predicted molar refractivity (Wildman–Crippen MR) is 133 cm³/mol. The van der Waals surface area contributed by atoms with E-state index in [1.165, 1.54) is 37.7 Å². The fraction of sp³-hybridized carbons (Fsp3) is 0.346. The number of amides is 2. The van der Waals surface area contributed by atoms with E-state index < -0.39 is 0 Å². The lowest BCUT2D eigenvalue weighted by atomic mass is 9.85. The highest BCUT2D eigenvalue weighted by molar-refractivity contribution is 6.06. The maximum atomic E-state index is 12.7. The Balaban J connectivity index is 1.28. The van der Waals surface area contributed by atoms with Crippen LogP contribution in [-0.4, -0.2) is 25.8 Å². The smallest absolute Gasteiger partial charge is 0.324 e. The molecular formula is C26H30N6O. The van der Waals surface area contributed by atoms with Crippen molar-refractivity contribution in [3.8, 4) is 11.1 Å². The number of nitrogens with zero attached hydrogens (tertiary/aromatic N) is 3. The van der Waals surface area contributed by atoms with E-state index in [1.54, 1.807) is 0 Å². The molecule has 2 amide bonds. The third-order valence-electron chi connectivity index (χ3n) is 6.50. The maximum absolute atomic E-state index is 12.7. The average molecular weight is 443 g/mol. The minimum absolute atomic E-state index is 0.306. The summed E-state index contributed by atoms with van der Waals surface area (Å²) in [5.41, 5.74) is 5.05. The van der Waals surface area contributed by atoms with Gasteiger partial charge in [0.2, 0.25) is 0 Å². The first-order chi connectivity index (χ1) is 16.1. The molecule has 0 unspecified atom stereocenters. The van der Waals surface area contributed by atoms with E-state index in [2.05, 4.69) is 57.7 Å². The van der Waals surface area contributed by atoms with Crippen molar-refractivity contribution < 1.29 is 4.79 Å². The van der Waals surface area contributed by atoms with Gasteiger partial charge in [-0.2, -0.15) is 5.10 Å². The summed E-state index contributed by atoms with van der Waals surface area (Å²) in [6.07, 6.45) is 14.0. The van der Waals surface area contributed by atoms with Gasteiger partial charge in [0.1, 0.15) is 5.82 Å².